The third kappa shape index (κ3) is 5.23. The van der Waals surface area contributed by atoms with Crippen molar-refractivity contribution in [3.8, 4) is 11.5 Å². The highest BCUT2D eigenvalue weighted by molar-refractivity contribution is 14.0. The van der Waals surface area contributed by atoms with Crippen LogP contribution in [0, 0.1) is 6.92 Å². The van der Waals surface area contributed by atoms with E-state index in [9.17, 15) is 0 Å². The second-order valence-corrected chi connectivity index (χ2v) is 5.62. The normalized spacial score (nSPS) is 14.3. The molecule has 0 unspecified atom stereocenters. The SMILES string of the molecule is CCNC(=NCc1coc(-c2ccc(C)cc2)n1)NC1CC1.I. The number of benzene rings is 1. The number of hydrogen-bond donors (Lipinski definition) is 2. The molecule has 5 nitrogen and oxygen atoms in total. The molecular formula is C17H23IN4O. The van der Waals surface area contributed by atoms with Crippen LogP contribution in [0.25, 0.3) is 11.5 Å². The number of halogens is 1. The third-order valence-electron chi connectivity index (χ3n) is 3.51. The monoisotopic (exact) mass is 426 g/mol. The molecule has 0 radical (unpaired) electrons. The van der Waals surface area contributed by atoms with Gasteiger partial charge in [0.2, 0.25) is 5.89 Å². The van der Waals surface area contributed by atoms with Crippen molar-refractivity contribution in [3.63, 3.8) is 0 Å². The molecule has 1 aromatic carbocycles. The minimum atomic E-state index is 0. The van der Waals surface area contributed by atoms with Crippen LogP contribution >= 0.6 is 24.0 Å². The van der Waals surface area contributed by atoms with Crippen LogP contribution in [-0.4, -0.2) is 23.5 Å². The molecule has 23 heavy (non-hydrogen) atoms. The van der Waals surface area contributed by atoms with E-state index in [1.165, 1.54) is 18.4 Å². The topological polar surface area (TPSA) is 62.5 Å². The first-order valence-electron chi connectivity index (χ1n) is 7.81. The van der Waals surface area contributed by atoms with Crippen molar-refractivity contribution in [2.75, 3.05) is 6.54 Å². The predicted octanol–water partition coefficient (Wildman–Crippen LogP) is 3.49. The van der Waals surface area contributed by atoms with Crippen LogP contribution in [0.4, 0.5) is 0 Å². The molecule has 1 fully saturated rings. The van der Waals surface area contributed by atoms with Gasteiger partial charge in [-0.2, -0.15) is 0 Å². The molecule has 6 heteroatoms. The molecule has 1 heterocycles. The number of rotatable bonds is 5. The van der Waals surface area contributed by atoms with E-state index in [1.54, 1.807) is 6.26 Å². The van der Waals surface area contributed by atoms with Crippen molar-refractivity contribution in [1.29, 1.82) is 0 Å². The van der Waals surface area contributed by atoms with Crippen LogP contribution < -0.4 is 10.6 Å². The molecule has 1 saturated carbocycles. The summed E-state index contributed by atoms with van der Waals surface area (Å²) in [6.45, 7) is 5.49. The van der Waals surface area contributed by atoms with Gasteiger partial charge in [0.1, 0.15) is 12.0 Å². The Morgan fingerprint density at radius 1 is 1.30 bits per heavy atom. The van der Waals surface area contributed by atoms with Crippen LogP contribution in [0.3, 0.4) is 0 Å². The van der Waals surface area contributed by atoms with Crippen LogP contribution in [0.1, 0.15) is 31.0 Å². The van der Waals surface area contributed by atoms with Crippen molar-refractivity contribution >= 4 is 29.9 Å². The van der Waals surface area contributed by atoms with Gasteiger partial charge in [-0.25, -0.2) is 9.98 Å². The van der Waals surface area contributed by atoms with E-state index in [0.717, 1.165) is 23.8 Å². The average molecular weight is 426 g/mol. The highest BCUT2D eigenvalue weighted by atomic mass is 127. The van der Waals surface area contributed by atoms with Gasteiger partial charge < -0.3 is 15.1 Å². The molecule has 0 atom stereocenters. The van der Waals surface area contributed by atoms with Crippen LogP contribution in [-0.2, 0) is 6.54 Å². The fourth-order valence-corrected chi connectivity index (χ4v) is 2.11. The second kappa shape index (κ2) is 8.33. The van der Waals surface area contributed by atoms with Gasteiger partial charge in [-0.3, -0.25) is 0 Å². The fourth-order valence-electron chi connectivity index (χ4n) is 2.11. The van der Waals surface area contributed by atoms with Gasteiger partial charge >= 0.3 is 0 Å². The first-order valence-corrected chi connectivity index (χ1v) is 7.81. The first kappa shape index (κ1) is 17.8. The van der Waals surface area contributed by atoms with E-state index in [4.69, 9.17) is 4.42 Å². The van der Waals surface area contributed by atoms with Gasteiger partial charge in [0.15, 0.2) is 5.96 Å². The Hall–Kier alpha value is -1.57. The molecule has 0 spiro atoms. The minimum Gasteiger partial charge on any atom is -0.444 e. The van der Waals surface area contributed by atoms with E-state index >= 15 is 0 Å². The summed E-state index contributed by atoms with van der Waals surface area (Å²) in [5.41, 5.74) is 3.05. The number of guanidine groups is 1. The lowest BCUT2D eigenvalue weighted by atomic mass is 10.1. The quantitative estimate of drug-likeness (QED) is 0.437. The molecule has 1 aliphatic carbocycles. The summed E-state index contributed by atoms with van der Waals surface area (Å²) in [6.07, 6.45) is 4.14. The zero-order valence-corrected chi connectivity index (χ0v) is 15.8. The number of hydrogen-bond acceptors (Lipinski definition) is 3. The first-order chi connectivity index (χ1) is 10.7. The minimum absolute atomic E-state index is 0. The largest absolute Gasteiger partial charge is 0.444 e. The van der Waals surface area contributed by atoms with E-state index in [0.29, 0.717) is 18.5 Å². The van der Waals surface area contributed by atoms with Crippen molar-refractivity contribution in [3.05, 3.63) is 41.8 Å². The molecule has 0 bridgehead atoms. The maximum Gasteiger partial charge on any atom is 0.226 e. The van der Waals surface area contributed by atoms with Crippen molar-refractivity contribution < 1.29 is 4.42 Å². The standard InChI is InChI=1S/C17H22N4O.HI/c1-3-18-17(21-14-8-9-14)19-10-15-11-22-16(20-15)13-6-4-12(2)5-7-13;/h4-7,11,14H,3,8-10H2,1-2H3,(H2,18,19,21);1H. The average Bonchev–Trinajstić information content (AvgIpc) is 3.21. The molecule has 2 aromatic rings. The van der Waals surface area contributed by atoms with E-state index in [-0.39, 0.29) is 24.0 Å². The van der Waals surface area contributed by atoms with Gasteiger partial charge in [-0.1, -0.05) is 17.7 Å². The van der Waals surface area contributed by atoms with E-state index in [1.807, 2.05) is 12.1 Å². The summed E-state index contributed by atoms with van der Waals surface area (Å²) in [5, 5.41) is 6.64. The Morgan fingerprint density at radius 3 is 2.70 bits per heavy atom. The number of nitrogens with one attached hydrogen (secondary N) is 2. The Balaban J connectivity index is 0.00000192. The summed E-state index contributed by atoms with van der Waals surface area (Å²) < 4.78 is 5.56. The maximum absolute atomic E-state index is 5.56. The number of aliphatic imine (C=N–C) groups is 1. The van der Waals surface area contributed by atoms with Crippen LogP contribution in [0.5, 0.6) is 0 Å². The molecule has 2 N–H and O–H groups in total. The number of nitrogens with zero attached hydrogens (tertiary/aromatic N) is 2. The van der Waals surface area contributed by atoms with Crippen molar-refractivity contribution in [1.82, 2.24) is 15.6 Å². The Labute approximate surface area is 154 Å². The highest BCUT2D eigenvalue weighted by Crippen LogP contribution is 2.20. The molecular weight excluding hydrogens is 403 g/mol. The van der Waals surface area contributed by atoms with E-state index < -0.39 is 0 Å². The fraction of sp³-hybridized carbons (Fsp3) is 0.412. The predicted molar refractivity (Wildman–Crippen MR) is 103 cm³/mol. The second-order valence-electron chi connectivity index (χ2n) is 5.62. The van der Waals surface area contributed by atoms with Crippen molar-refractivity contribution in [2.45, 2.75) is 39.3 Å². The van der Waals surface area contributed by atoms with Gasteiger partial charge in [0.05, 0.1) is 6.54 Å². The van der Waals surface area contributed by atoms with Crippen LogP contribution in [0.15, 0.2) is 39.9 Å². The smallest absolute Gasteiger partial charge is 0.226 e. The molecule has 0 amide bonds. The lowest BCUT2D eigenvalue weighted by molar-refractivity contribution is 0.572. The molecule has 1 aliphatic rings. The highest BCUT2D eigenvalue weighted by Gasteiger charge is 2.22. The summed E-state index contributed by atoms with van der Waals surface area (Å²) in [7, 11) is 0. The summed E-state index contributed by atoms with van der Waals surface area (Å²) >= 11 is 0. The molecule has 0 aliphatic heterocycles. The summed E-state index contributed by atoms with van der Waals surface area (Å²) in [4.78, 5) is 9.06. The number of aromatic nitrogens is 1. The van der Waals surface area contributed by atoms with Gasteiger partial charge in [-0.05, 0) is 38.8 Å². The zero-order chi connectivity index (χ0) is 15.4. The maximum atomic E-state index is 5.56. The molecule has 124 valence electrons. The molecule has 0 saturated heterocycles. The zero-order valence-electron chi connectivity index (χ0n) is 13.5. The Morgan fingerprint density at radius 2 is 2.04 bits per heavy atom. The van der Waals surface area contributed by atoms with Crippen LogP contribution in [0.2, 0.25) is 0 Å². The van der Waals surface area contributed by atoms with Gasteiger partial charge in [0, 0.05) is 18.2 Å². The summed E-state index contributed by atoms with van der Waals surface area (Å²) in [6, 6.07) is 8.73. The van der Waals surface area contributed by atoms with Crippen molar-refractivity contribution in [2.24, 2.45) is 4.99 Å². The lowest BCUT2D eigenvalue weighted by Crippen LogP contribution is -2.38. The third-order valence-corrected chi connectivity index (χ3v) is 3.51. The number of aryl methyl sites for hydroxylation is 1. The Bertz CT molecular complexity index is 647. The van der Waals surface area contributed by atoms with E-state index in [2.05, 4.69) is 46.6 Å². The van der Waals surface area contributed by atoms with Gasteiger partial charge in [-0.15, -0.1) is 24.0 Å². The summed E-state index contributed by atoms with van der Waals surface area (Å²) in [5.74, 6) is 1.50. The lowest BCUT2D eigenvalue weighted by Gasteiger charge is -2.09. The Kier molecular flexibility index (Phi) is 6.44. The molecule has 1 aromatic heterocycles. The van der Waals surface area contributed by atoms with Gasteiger partial charge in [0.25, 0.3) is 0 Å². The molecule has 3 rings (SSSR count). The number of oxazole rings is 1.